The van der Waals surface area contributed by atoms with Crippen LogP contribution in [0.2, 0.25) is 0 Å². The van der Waals surface area contributed by atoms with Gasteiger partial charge in [0.1, 0.15) is 12.2 Å². The van der Waals surface area contributed by atoms with E-state index >= 15 is 0 Å². The van der Waals surface area contributed by atoms with Crippen LogP contribution >= 0.6 is 0 Å². The van der Waals surface area contributed by atoms with Gasteiger partial charge in [-0.25, -0.2) is 9.59 Å². The summed E-state index contributed by atoms with van der Waals surface area (Å²) in [6.07, 6.45) is 0.405. The first-order valence-electron chi connectivity index (χ1n) is 12.9. The molecule has 2 amide bonds. The van der Waals surface area contributed by atoms with Crippen molar-refractivity contribution in [2.75, 3.05) is 18.5 Å². The molecule has 1 heterocycles. The van der Waals surface area contributed by atoms with Crippen molar-refractivity contribution < 1.29 is 29.0 Å². The van der Waals surface area contributed by atoms with Crippen molar-refractivity contribution >= 4 is 23.8 Å². The molecule has 0 aliphatic heterocycles. The number of nitrogens with one attached hydrogen (secondary N) is 1. The van der Waals surface area contributed by atoms with Gasteiger partial charge in [-0.3, -0.25) is 14.8 Å². The van der Waals surface area contributed by atoms with Crippen LogP contribution in [0.25, 0.3) is 11.1 Å². The van der Waals surface area contributed by atoms with Crippen LogP contribution < -0.4 is 5.32 Å². The number of hydrogen-bond acceptors (Lipinski definition) is 6. The fourth-order valence-corrected chi connectivity index (χ4v) is 4.69. The molecule has 0 fully saturated rings. The van der Waals surface area contributed by atoms with E-state index in [0.717, 1.165) is 22.3 Å². The maximum Gasteiger partial charge on any atom is 0.412 e. The van der Waals surface area contributed by atoms with Gasteiger partial charge in [-0.15, -0.1) is 0 Å². The lowest BCUT2D eigenvalue weighted by Crippen LogP contribution is -2.34. The largest absolute Gasteiger partial charge is 0.481 e. The molecule has 0 unspecified atom stereocenters. The highest BCUT2D eigenvalue weighted by atomic mass is 16.6. The number of nitrogens with zero attached hydrogens (tertiary/aromatic N) is 3. The minimum Gasteiger partial charge on any atom is -0.481 e. The Morgan fingerprint density at radius 1 is 1.05 bits per heavy atom. The van der Waals surface area contributed by atoms with Crippen molar-refractivity contribution in [3.05, 3.63) is 71.5 Å². The number of amides is 2. The topological polar surface area (TPSA) is 123 Å². The highest BCUT2D eigenvalue weighted by Gasteiger charge is 2.30. The number of aryl methyl sites for hydroxylation is 1. The Hall–Kier alpha value is -4.34. The van der Waals surface area contributed by atoms with E-state index in [1.54, 1.807) is 32.5 Å². The van der Waals surface area contributed by atoms with E-state index < -0.39 is 23.8 Å². The molecule has 2 aromatic carbocycles. The van der Waals surface area contributed by atoms with Crippen LogP contribution in [0.5, 0.6) is 0 Å². The average Bonchev–Trinajstić information content (AvgIpc) is 3.37. The summed E-state index contributed by atoms with van der Waals surface area (Å²) in [5.41, 5.74) is 4.70. The van der Waals surface area contributed by atoms with Gasteiger partial charge in [0.15, 0.2) is 0 Å². The summed E-state index contributed by atoms with van der Waals surface area (Å²) in [4.78, 5) is 38.3. The predicted octanol–water partition coefficient (Wildman–Crippen LogP) is 5.38. The lowest BCUT2D eigenvalue weighted by atomic mass is 9.98. The molecular weight excluding hydrogens is 500 g/mol. The quantitative estimate of drug-likeness (QED) is 0.378. The molecule has 10 nitrogen and oxygen atoms in total. The zero-order valence-electron chi connectivity index (χ0n) is 22.6. The van der Waals surface area contributed by atoms with Gasteiger partial charge in [-0.2, -0.15) is 5.10 Å². The zero-order valence-corrected chi connectivity index (χ0v) is 22.6. The lowest BCUT2D eigenvalue weighted by Gasteiger charge is -2.24. The molecule has 1 aliphatic rings. The van der Waals surface area contributed by atoms with Gasteiger partial charge in [0.05, 0.1) is 24.1 Å². The maximum atomic E-state index is 13.4. The van der Waals surface area contributed by atoms with Crippen molar-refractivity contribution in [2.45, 2.75) is 51.7 Å². The van der Waals surface area contributed by atoms with Crippen molar-refractivity contribution in [3.8, 4) is 11.1 Å². The minimum absolute atomic E-state index is 0.0535. The van der Waals surface area contributed by atoms with E-state index in [2.05, 4.69) is 22.5 Å². The highest BCUT2D eigenvalue weighted by molar-refractivity contribution is 5.85. The first-order valence-corrected chi connectivity index (χ1v) is 12.9. The summed E-state index contributed by atoms with van der Waals surface area (Å²) in [6.45, 7) is 5.63. The Morgan fingerprint density at radius 2 is 1.67 bits per heavy atom. The van der Waals surface area contributed by atoms with Gasteiger partial charge in [-0.1, -0.05) is 48.5 Å². The number of anilines is 1. The molecule has 0 spiro atoms. The first kappa shape index (κ1) is 27.7. The Bertz CT molecular complexity index is 1310. The first-order chi connectivity index (χ1) is 18.5. The third kappa shape index (κ3) is 6.76. The second-order valence-corrected chi connectivity index (χ2v) is 10.5. The third-order valence-corrected chi connectivity index (χ3v) is 6.45. The van der Waals surface area contributed by atoms with Gasteiger partial charge < -0.3 is 19.5 Å². The maximum absolute atomic E-state index is 13.4. The zero-order chi connectivity index (χ0) is 28.2. The van der Waals surface area contributed by atoms with Crippen LogP contribution in [0.1, 0.15) is 56.4 Å². The molecule has 0 saturated carbocycles. The average molecular weight is 535 g/mol. The molecule has 206 valence electrons. The molecular formula is C29H34N4O6. The van der Waals surface area contributed by atoms with Crippen molar-refractivity contribution in [2.24, 2.45) is 7.05 Å². The Balaban J connectivity index is 1.50. The van der Waals surface area contributed by atoms with Gasteiger partial charge in [-0.05, 0) is 49.4 Å². The number of aromatic nitrogens is 2. The van der Waals surface area contributed by atoms with E-state index in [1.807, 2.05) is 36.4 Å². The SMILES string of the molecule is Cn1ncc(NC(=O)OC(C)(C)C)c1CN(CCCC(=O)O)C(=O)OCC1c2ccccc2-c2ccccc21. The van der Waals surface area contributed by atoms with E-state index in [-0.39, 0.29) is 38.5 Å². The standard InChI is InChI=1S/C29H34N4O6/c1-29(2,3)39-27(36)31-24-16-30-32(4)25(24)17-33(15-9-14-26(34)35)28(37)38-18-23-21-12-7-5-10-19(21)20-11-6-8-13-22(20)23/h5-8,10-13,16,23H,9,14-15,17-18H2,1-4H3,(H,31,36)(H,34,35). The Kier molecular flexibility index (Phi) is 8.23. The summed E-state index contributed by atoms with van der Waals surface area (Å²) >= 11 is 0. The molecule has 0 radical (unpaired) electrons. The number of benzene rings is 2. The molecule has 10 heteroatoms. The van der Waals surface area contributed by atoms with Crippen LogP contribution in [-0.4, -0.2) is 56.7 Å². The van der Waals surface area contributed by atoms with E-state index in [9.17, 15) is 14.4 Å². The molecule has 39 heavy (non-hydrogen) atoms. The Labute approximate surface area is 227 Å². The molecule has 2 N–H and O–H groups in total. The number of carboxylic acids is 1. The normalized spacial score (nSPS) is 12.4. The van der Waals surface area contributed by atoms with Crippen molar-refractivity contribution in [1.29, 1.82) is 0 Å². The van der Waals surface area contributed by atoms with Crippen LogP contribution in [0.15, 0.2) is 54.7 Å². The molecule has 3 aromatic rings. The number of carboxylic acid groups (broad SMARTS) is 1. The summed E-state index contributed by atoms with van der Waals surface area (Å²) in [5.74, 6) is -1.06. The van der Waals surface area contributed by atoms with Crippen molar-refractivity contribution in [1.82, 2.24) is 14.7 Å². The van der Waals surface area contributed by atoms with Gasteiger partial charge in [0, 0.05) is 25.9 Å². The molecule has 0 saturated heterocycles. The molecule has 1 aromatic heterocycles. The fourth-order valence-electron chi connectivity index (χ4n) is 4.69. The molecule has 1 aliphatic carbocycles. The Morgan fingerprint density at radius 3 is 2.26 bits per heavy atom. The minimum atomic E-state index is -0.949. The third-order valence-electron chi connectivity index (χ3n) is 6.45. The number of fused-ring (bicyclic) bond motifs is 3. The monoisotopic (exact) mass is 534 g/mol. The molecule has 4 rings (SSSR count). The summed E-state index contributed by atoms with van der Waals surface area (Å²) in [7, 11) is 1.70. The fraction of sp³-hybridized carbons (Fsp3) is 0.379. The van der Waals surface area contributed by atoms with Crippen LogP contribution in [0.3, 0.4) is 0 Å². The number of ether oxygens (including phenoxy) is 2. The van der Waals surface area contributed by atoms with Crippen LogP contribution in [-0.2, 0) is 27.9 Å². The molecule has 0 atom stereocenters. The van der Waals surface area contributed by atoms with Crippen molar-refractivity contribution in [3.63, 3.8) is 0 Å². The highest BCUT2D eigenvalue weighted by Crippen LogP contribution is 2.44. The number of carbonyl (C=O) groups is 3. The van der Waals surface area contributed by atoms with Gasteiger partial charge in [0.2, 0.25) is 0 Å². The summed E-state index contributed by atoms with van der Waals surface area (Å²) in [6, 6.07) is 16.1. The predicted molar refractivity (Wildman–Crippen MR) is 145 cm³/mol. The molecule has 0 bridgehead atoms. The number of hydrogen-bond donors (Lipinski definition) is 2. The smallest absolute Gasteiger partial charge is 0.412 e. The van der Waals surface area contributed by atoms with Crippen LogP contribution in [0, 0.1) is 0 Å². The van der Waals surface area contributed by atoms with E-state index in [1.165, 1.54) is 11.1 Å². The summed E-state index contributed by atoms with van der Waals surface area (Å²) < 4.78 is 12.7. The van der Waals surface area contributed by atoms with Crippen LogP contribution in [0.4, 0.5) is 15.3 Å². The number of aliphatic carboxylic acids is 1. The van der Waals surface area contributed by atoms with E-state index in [4.69, 9.17) is 14.6 Å². The second kappa shape index (κ2) is 11.6. The van der Waals surface area contributed by atoms with Gasteiger partial charge in [0.25, 0.3) is 0 Å². The number of carbonyl (C=O) groups excluding carboxylic acids is 2. The van der Waals surface area contributed by atoms with E-state index in [0.29, 0.717) is 11.4 Å². The number of rotatable bonds is 9. The second-order valence-electron chi connectivity index (χ2n) is 10.5. The van der Waals surface area contributed by atoms with Gasteiger partial charge >= 0.3 is 18.2 Å². The summed E-state index contributed by atoms with van der Waals surface area (Å²) in [5, 5.41) is 16.0. The lowest BCUT2D eigenvalue weighted by molar-refractivity contribution is -0.137.